The fourth-order valence-electron chi connectivity index (χ4n) is 2.67. The van der Waals surface area contributed by atoms with Crippen molar-refractivity contribution in [2.45, 2.75) is 20.3 Å². The van der Waals surface area contributed by atoms with E-state index in [0.29, 0.717) is 0 Å². The lowest BCUT2D eigenvalue weighted by molar-refractivity contribution is 1.09. The summed E-state index contributed by atoms with van der Waals surface area (Å²) in [5.41, 5.74) is 0. The molecule has 0 atom stereocenters. The normalized spacial score (nSPS) is 9.81. The highest BCUT2D eigenvalue weighted by Gasteiger charge is 2.05. The molecule has 0 saturated heterocycles. The van der Waals surface area contributed by atoms with Crippen LogP contribution in [0.1, 0.15) is 20.3 Å². The van der Waals surface area contributed by atoms with Crippen molar-refractivity contribution in [1.82, 2.24) is 6.15 Å². The second kappa shape index (κ2) is 7.26. The van der Waals surface area contributed by atoms with Gasteiger partial charge in [-0.3, -0.25) is 0 Å². The molecule has 0 aliphatic rings. The predicted molar refractivity (Wildman–Crippen MR) is 98.4 cm³/mol. The van der Waals surface area contributed by atoms with E-state index < -0.39 is 0 Å². The van der Waals surface area contributed by atoms with Gasteiger partial charge < -0.3 is 6.15 Å². The first-order chi connectivity index (χ1) is 9.35. The standard InChI is InChI=1S/C16H10.C3H8.ClH.H3N/c1-3-11-7-9-13-5-2-6-14-10-8-12(4-1)15(11)16(13)14;1-3-2;;/h1-10H;3H2,1-2H3;1H;1H3. The zero-order valence-electron chi connectivity index (χ0n) is 12.6. The molecule has 0 aliphatic carbocycles. The van der Waals surface area contributed by atoms with Crippen molar-refractivity contribution < 1.29 is 0 Å². The summed E-state index contributed by atoms with van der Waals surface area (Å²) in [6.07, 6.45) is 1.25. The Bertz CT molecular complexity index is 693. The molecule has 0 heterocycles. The maximum Gasteiger partial charge on any atom is -0.00268 e. The zero-order valence-corrected chi connectivity index (χ0v) is 13.4. The van der Waals surface area contributed by atoms with Crippen LogP contribution in [-0.4, -0.2) is 0 Å². The number of benzene rings is 4. The molecule has 0 spiro atoms. The van der Waals surface area contributed by atoms with E-state index in [1.165, 1.54) is 38.7 Å². The van der Waals surface area contributed by atoms with Crippen LogP contribution in [0.25, 0.3) is 32.3 Å². The lowest BCUT2D eigenvalue weighted by Crippen LogP contribution is -1.82. The second-order valence-corrected chi connectivity index (χ2v) is 5.00. The molecule has 0 unspecified atom stereocenters. The Kier molecular flexibility index (Phi) is 5.95. The van der Waals surface area contributed by atoms with Crippen molar-refractivity contribution in [3.63, 3.8) is 0 Å². The molecule has 2 heteroatoms. The van der Waals surface area contributed by atoms with E-state index in [0.717, 1.165) is 0 Å². The summed E-state index contributed by atoms with van der Waals surface area (Å²) in [5, 5.41) is 8.14. The third-order valence-electron chi connectivity index (χ3n) is 3.39. The zero-order chi connectivity index (χ0) is 13.2. The van der Waals surface area contributed by atoms with Crippen molar-refractivity contribution in [3.8, 4) is 0 Å². The largest absolute Gasteiger partial charge is 0.344 e. The number of hydrogen-bond donors (Lipinski definition) is 1. The Morgan fingerprint density at radius 2 is 0.810 bits per heavy atom. The minimum absolute atomic E-state index is 0. The lowest BCUT2D eigenvalue weighted by Gasteiger charge is -2.09. The molecule has 0 bridgehead atoms. The van der Waals surface area contributed by atoms with Gasteiger partial charge in [0.2, 0.25) is 0 Å². The molecule has 0 amide bonds. The highest BCUT2D eigenvalue weighted by atomic mass is 35.5. The van der Waals surface area contributed by atoms with Crippen LogP contribution >= 0.6 is 12.4 Å². The molecule has 0 aromatic heterocycles. The highest BCUT2D eigenvalue weighted by molar-refractivity contribution is 6.22. The summed E-state index contributed by atoms with van der Waals surface area (Å²) < 4.78 is 0. The van der Waals surface area contributed by atoms with Crippen LogP contribution in [0.15, 0.2) is 60.7 Å². The fraction of sp³-hybridized carbons (Fsp3) is 0.158. The first-order valence-corrected chi connectivity index (χ1v) is 6.97. The van der Waals surface area contributed by atoms with Gasteiger partial charge in [0, 0.05) is 0 Å². The Labute approximate surface area is 132 Å². The molecule has 4 aromatic rings. The maximum absolute atomic E-state index is 2.21. The Balaban J connectivity index is 0.000000411. The van der Waals surface area contributed by atoms with Crippen LogP contribution in [0.4, 0.5) is 0 Å². The van der Waals surface area contributed by atoms with Crippen LogP contribution in [0.2, 0.25) is 0 Å². The van der Waals surface area contributed by atoms with Gasteiger partial charge in [-0.15, -0.1) is 12.4 Å². The smallest absolute Gasteiger partial charge is 0.00268 e. The predicted octanol–water partition coefficient (Wildman–Crippen LogP) is 6.58. The van der Waals surface area contributed by atoms with E-state index >= 15 is 0 Å². The van der Waals surface area contributed by atoms with Crippen LogP contribution in [0.3, 0.4) is 0 Å². The molecule has 0 aliphatic heterocycles. The summed E-state index contributed by atoms with van der Waals surface area (Å²) in [5.74, 6) is 0. The van der Waals surface area contributed by atoms with Crippen molar-refractivity contribution >= 4 is 44.7 Å². The molecule has 110 valence electrons. The highest BCUT2D eigenvalue weighted by Crippen LogP contribution is 2.33. The Hall–Kier alpha value is -1.83. The third-order valence-corrected chi connectivity index (χ3v) is 3.39. The monoisotopic (exact) mass is 299 g/mol. The lowest BCUT2D eigenvalue weighted by atomic mass is 9.95. The van der Waals surface area contributed by atoms with Gasteiger partial charge in [0.15, 0.2) is 0 Å². The van der Waals surface area contributed by atoms with Gasteiger partial charge in [-0.2, -0.15) is 0 Å². The first kappa shape index (κ1) is 17.2. The average Bonchev–Trinajstić information content (AvgIpc) is 2.46. The molecule has 21 heavy (non-hydrogen) atoms. The molecule has 1 nitrogen and oxygen atoms in total. The SMILES string of the molecule is CCC.Cl.N.c1cc2ccc3cccc4ccc(c1)c2c34. The summed E-state index contributed by atoms with van der Waals surface area (Å²) in [6, 6.07) is 21.9. The van der Waals surface area contributed by atoms with Crippen molar-refractivity contribution in [2.24, 2.45) is 0 Å². The van der Waals surface area contributed by atoms with Gasteiger partial charge in [-0.05, 0) is 32.3 Å². The number of rotatable bonds is 0. The van der Waals surface area contributed by atoms with Gasteiger partial charge >= 0.3 is 0 Å². The number of hydrogen-bond acceptors (Lipinski definition) is 1. The van der Waals surface area contributed by atoms with E-state index in [2.05, 4.69) is 74.5 Å². The summed E-state index contributed by atoms with van der Waals surface area (Å²) >= 11 is 0. The third kappa shape index (κ3) is 2.94. The van der Waals surface area contributed by atoms with Crippen LogP contribution in [0.5, 0.6) is 0 Å². The molecular formula is C19H22ClN. The number of halogens is 1. The summed E-state index contributed by atoms with van der Waals surface area (Å²) in [4.78, 5) is 0. The quantitative estimate of drug-likeness (QED) is 0.365. The molecule has 0 saturated carbocycles. The van der Waals surface area contributed by atoms with Gasteiger partial charge in [0.1, 0.15) is 0 Å². The molecule has 3 N–H and O–H groups in total. The van der Waals surface area contributed by atoms with Crippen molar-refractivity contribution in [1.29, 1.82) is 0 Å². The summed E-state index contributed by atoms with van der Waals surface area (Å²) in [7, 11) is 0. The maximum atomic E-state index is 2.21. The minimum atomic E-state index is 0. The van der Waals surface area contributed by atoms with Gasteiger partial charge in [-0.25, -0.2) is 0 Å². The van der Waals surface area contributed by atoms with Crippen LogP contribution in [0, 0.1) is 0 Å². The minimum Gasteiger partial charge on any atom is -0.344 e. The first-order valence-electron chi connectivity index (χ1n) is 6.97. The van der Waals surface area contributed by atoms with E-state index in [9.17, 15) is 0 Å². The van der Waals surface area contributed by atoms with E-state index in [1.807, 2.05) is 0 Å². The summed E-state index contributed by atoms with van der Waals surface area (Å²) in [6.45, 7) is 4.25. The van der Waals surface area contributed by atoms with E-state index in [-0.39, 0.29) is 18.6 Å². The topological polar surface area (TPSA) is 35.0 Å². The van der Waals surface area contributed by atoms with Crippen LogP contribution < -0.4 is 6.15 Å². The molecule has 0 fully saturated rings. The molecule has 4 aromatic carbocycles. The van der Waals surface area contributed by atoms with Crippen molar-refractivity contribution in [2.75, 3.05) is 0 Å². The molecule has 0 radical (unpaired) electrons. The average molecular weight is 300 g/mol. The Morgan fingerprint density at radius 3 is 1.05 bits per heavy atom. The molecular weight excluding hydrogens is 278 g/mol. The fourth-order valence-corrected chi connectivity index (χ4v) is 2.67. The van der Waals surface area contributed by atoms with Gasteiger partial charge in [0.05, 0.1) is 0 Å². The van der Waals surface area contributed by atoms with Gasteiger partial charge in [-0.1, -0.05) is 80.9 Å². The van der Waals surface area contributed by atoms with E-state index in [1.54, 1.807) is 0 Å². The molecule has 4 rings (SSSR count). The second-order valence-electron chi connectivity index (χ2n) is 5.00. The van der Waals surface area contributed by atoms with Gasteiger partial charge in [0.25, 0.3) is 0 Å². The Morgan fingerprint density at radius 1 is 0.571 bits per heavy atom. The van der Waals surface area contributed by atoms with Crippen LogP contribution in [-0.2, 0) is 0 Å². The van der Waals surface area contributed by atoms with E-state index in [4.69, 9.17) is 0 Å². The van der Waals surface area contributed by atoms with Crippen molar-refractivity contribution in [3.05, 3.63) is 60.7 Å².